The van der Waals surface area contributed by atoms with Crippen LogP contribution in [0.5, 0.6) is 0 Å². The van der Waals surface area contributed by atoms with Crippen LogP contribution in [-0.4, -0.2) is 5.11 Å². The van der Waals surface area contributed by atoms with Crippen molar-refractivity contribution < 1.29 is 5.11 Å². The highest BCUT2D eigenvalue weighted by Gasteiger charge is 2.06. The fourth-order valence-electron chi connectivity index (χ4n) is 3.23. The Morgan fingerprint density at radius 3 is 1.88 bits per heavy atom. The van der Waals surface area contributed by atoms with Crippen molar-refractivity contribution in [2.45, 2.75) is 0 Å². The molecule has 0 atom stereocenters. The summed E-state index contributed by atoms with van der Waals surface area (Å²) < 4.78 is 0. The molecule has 0 unspecified atom stereocenters. The molecule has 0 fully saturated rings. The van der Waals surface area contributed by atoms with E-state index in [2.05, 4.69) is 55.1 Å². The van der Waals surface area contributed by atoms with Gasteiger partial charge in [0, 0.05) is 5.56 Å². The van der Waals surface area contributed by atoms with Crippen molar-refractivity contribution in [3.8, 4) is 0 Å². The minimum atomic E-state index is 0.116. The lowest BCUT2D eigenvalue weighted by atomic mass is 10.0. The fourth-order valence-corrected chi connectivity index (χ4v) is 3.23. The van der Waals surface area contributed by atoms with E-state index in [4.69, 9.17) is 0 Å². The van der Waals surface area contributed by atoms with Crippen LogP contribution in [0.15, 0.2) is 85.4 Å². The van der Waals surface area contributed by atoms with Crippen molar-refractivity contribution >= 4 is 39.5 Å². The van der Waals surface area contributed by atoms with Gasteiger partial charge in [0.1, 0.15) is 5.76 Å². The number of hydrogen-bond acceptors (Lipinski definition) is 1. The Morgan fingerprint density at radius 2 is 1.24 bits per heavy atom. The zero-order chi connectivity index (χ0) is 17.2. The molecule has 0 amide bonds. The summed E-state index contributed by atoms with van der Waals surface area (Å²) in [4.78, 5) is 0. The molecule has 0 saturated heterocycles. The minimum Gasteiger partial charge on any atom is -0.508 e. The van der Waals surface area contributed by atoms with Crippen molar-refractivity contribution in [1.29, 1.82) is 0 Å². The molecule has 1 aliphatic rings. The molecule has 25 heavy (non-hydrogen) atoms. The molecule has 4 aromatic rings. The van der Waals surface area contributed by atoms with Crippen molar-refractivity contribution in [3.05, 3.63) is 102 Å². The smallest absolute Gasteiger partial charge is 0.115 e. The van der Waals surface area contributed by atoms with Gasteiger partial charge >= 0.3 is 0 Å². The average Bonchev–Trinajstić information content (AvgIpc) is 3.07. The molecule has 1 heteroatoms. The van der Waals surface area contributed by atoms with E-state index in [1.165, 1.54) is 27.3 Å². The topological polar surface area (TPSA) is 20.2 Å². The molecule has 1 aliphatic carbocycles. The quantitative estimate of drug-likeness (QED) is 0.341. The number of aliphatic hydroxyl groups is 1. The molecule has 0 radical (unpaired) electrons. The second-order valence-corrected chi connectivity index (χ2v) is 6.13. The molecule has 0 bridgehead atoms. The zero-order valence-electron chi connectivity index (χ0n) is 13.8. The molecule has 0 spiro atoms. The number of fused-ring (bicyclic) bond motifs is 1. The van der Waals surface area contributed by atoms with Gasteiger partial charge in [0.15, 0.2) is 0 Å². The maximum Gasteiger partial charge on any atom is 0.115 e. The van der Waals surface area contributed by atoms with Gasteiger partial charge in [-0.05, 0) is 38.7 Å². The highest BCUT2D eigenvalue weighted by molar-refractivity contribution is 6.04. The van der Waals surface area contributed by atoms with E-state index < -0.39 is 0 Å². The predicted octanol–water partition coefficient (Wildman–Crippen LogP) is 6.69. The van der Waals surface area contributed by atoms with E-state index in [9.17, 15) is 5.11 Å². The summed E-state index contributed by atoms with van der Waals surface area (Å²) in [5.74, 6) is 0.116. The van der Waals surface area contributed by atoms with Gasteiger partial charge in [-0.25, -0.2) is 0 Å². The van der Waals surface area contributed by atoms with Crippen LogP contribution in [0, 0.1) is 0 Å². The highest BCUT2D eigenvalue weighted by atomic mass is 16.3. The van der Waals surface area contributed by atoms with Crippen molar-refractivity contribution in [2.24, 2.45) is 0 Å². The van der Waals surface area contributed by atoms with E-state index >= 15 is 0 Å². The summed E-state index contributed by atoms with van der Waals surface area (Å²) in [6, 6.07) is 26.7. The predicted molar refractivity (Wildman–Crippen MR) is 108 cm³/mol. The number of rotatable bonds is 1. The standard InChI is InChI=1S/C12H10O.C12H8/c1-9(13)11-7-6-10-4-2-3-5-12(10)8-11;1-3-9-4-2-6-11-8-7-10(5-1)12(9)11/h2-8,13H,1H2;1-8H. The first-order valence-corrected chi connectivity index (χ1v) is 8.29. The second-order valence-electron chi connectivity index (χ2n) is 6.13. The van der Waals surface area contributed by atoms with Gasteiger partial charge in [0.05, 0.1) is 0 Å². The lowest BCUT2D eigenvalue weighted by Crippen LogP contribution is -1.80. The molecule has 5 rings (SSSR count). The molecular formula is C24H18O. The maximum absolute atomic E-state index is 9.19. The number of hydrogen-bond donors (Lipinski definition) is 1. The maximum atomic E-state index is 9.19. The van der Waals surface area contributed by atoms with E-state index in [-0.39, 0.29) is 5.76 Å². The van der Waals surface area contributed by atoms with E-state index in [1.54, 1.807) is 0 Å². The summed E-state index contributed by atoms with van der Waals surface area (Å²) in [6.07, 6.45) is 4.36. The first-order chi connectivity index (χ1) is 12.2. The Balaban J connectivity index is 0.000000126. The van der Waals surface area contributed by atoms with E-state index in [0.717, 1.165) is 10.9 Å². The fraction of sp³-hybridized carbons (Fsp3) is 0. The molecule has 1 N–H and O–H groups in total. The third-order valence-electron chi connectivity index (χ3n) is 4.49. The van der Waals surface area contributed by atoms with Gasteiger partial charge in [-0.2, -0.15) is 0 Å². The molecule has 0 heterocycles. The van der Waals surface area contributed by atoms with Crippen molar-refractivity contribution in [2.75, 3.05) is 0 Å². The van der Waals surface area contributed by atoms with E-state index in [1.807, 2.05) is 42.5 Å². The number of benzene rings is 4. The second kappa shape index (κ2) is 6.29. The molecule has 4 aromatic carbocycles. The summed E-state index contributed by atoms with van der Waals surface area (Å²) in [6.45, 7) is 3.49. The monoisotopic (exact) mass is 322 g/mol. The van der Waals surface area contributed by atoms with Crippen molar-refractivity contribution in [1.82, 2.24) is 0 Å². The van der Waals surface area contributed by atoms with Crippen LogP contribution >= 0.6 is 0 Å². The Bertz CT molecular complexity index is 1080. The SMILES string of the molecule is C1=Cc2cccc3cccc1c23.C=C(O)c1ccc2ccccc2c1. The summed E-state index contributed by atoms with van der Waals surface area (Å²) in [5.41, 5.74) is 3.48. The van der Waals surface area contributed by atoms with Gasteiger partial charge in [0.2, 0.25) is 0 Å². The van der Waals surface area contributed by atoms with Crippen LogP contribution in [0.4, 0.5) is 0 Å². The zero-order valence-corrected chi connectivity index (χ0v) is 13.8. The van der Waals surface area contributed by atoms with Crippen LogP contribution in [0.25, 0.3) is 39.5 Å². The van der Waals surface area contributed by atoms with Gasteiger partial charge < -0.3 is 5.11 Å². The van der Waals surface area contributed by atoms with Gasteiger partial charge in [-0.15, -0.1) is 0 Å². The number of aliphatic hydroxyl groups excluding tert-OH is 1. The molecule has 120 valence electrons. The first kappa shape index (κ1) is 15.2. The lowest BCUT2D eigenvalue weighted by Gasteiger charge is -2.00. The van der Waals surface area contributed by atoms with Crippen LogP contribution in [0.2, 0.25) is 0 Å². The van der Waals surface area contributed by atoms with Crippen LogP contribution in [-0.2, 0) is 0 Å². The van der Waals surface area contributed by atoms with Crippen LogP contribution < -0.4 is 0 Å². The molecule has 1 nitrogen and oxygen atoms in total. The Labute approximate surface area is 147 Å². The largest absolute Gasteiger partial charge is 0.508 e. The third kappa shape index (κ3) is 2.92. The third-order valence-corrected chi connectivity index (χ3v) is 4.49. The Morgan fingerprint density at radius 1 is 0.640 bits per heavy atom. The summed E-state index contributed by atoms with van der Waals surface area (Å²) >= 11 is 0. The molecular weight excluding hydrogens is 304 g/mol. The minimum absolute atomic E-state index is 0.116. The molecule has 0 aromatic heterocycles. The first-order valence-electron chi connectivity index (χ1n) is 8.29. The molecule has 0 aliphatic heterocycles. The molecule has 0 saturated carbocycles. The Kier molecular flexibility index (Phi) is 3.83. The van der Waals surface area contributed by atoms with Crippen LogP contribution in [0.3, 0.4) is 0 Å². The highest BCUT2D eigenvalue weighted by Crippen LogP contribution is 2.30. The van der Waals surface area contributed by atoms with E-state index in [0.29, 0.717) is 0 Å². The summed E-state index contributed by atoms with van der Waals surface area (Å²) in [5, 5.41) is 14.2. The average molecular weight is 322 g/mol. The van der Waals surface area contributed by atoms with Gasteiger partial charge in [-0.1, -0.05) is 91.5 Å². The lowest BCUT2D eigenvalue weighted by molar-refractivity contribution is 0.514. The van der Waals surface area contributed by atoms with Gasteiger partial charge in [0.25, 0.3) is 0 Å². The summed E-state index contributed by atoms with van der Waals surface area (Å²) in [7, 11) is 0. The Hall–Kier alpha value is -3.32. The van der Waals surface area contributed by atoms with Crippen LogP contribution in [0.1, 0.15) is 16.7 Å². The van der Waals surface area contributed by atoms with Crippen molar-refractivity contribution in [3.63, 3.8) is 0 Å². The van der Waals surface area contributed by atoms with Gasteiger partial charge in [-0.3, -0.25) is 0 Å². The normalized spacial score (nSPS) is 11.4.